The van der Waals surface area contributed by atoms with Crippen LogP contribution in [0.25, 0.3) is 0 Å². The zero-order valence-electron chi connectivity index (χ0n) is 23.1. The van der Waals surface area contributed by atoms with E-state index >= 15 is 0 Å². The molecular formula is C32H38O7S. The van der Waals surface area contributed by atoms with Gasteiger partial charge >= 0.3 is 0 Å². The van der Waals surface area contributed by atoms with Crippen molar-refractivity contribution in [2.24, 2.45) is 0 Å². The Balaban J connectivity index is 1.61. The largest absolute Gasteiger partial charge is 0.374 e. The van der Waals surface area contributed by atoms with E-state index in [4.69, 9.17) is 28.4 Å². The van der Waals surface area contributed by atoms with E-state index in [-0.39, 0.29) is 18.5 Å². The number of hydrogen-bond acceptors (Lipinski definition) is 8. The second kappa shape index (κ2) is 16.6. The smallest absolute Gasteiger partial charge is 0.220 e. The molecule has 0 amide bonds. The van der Waals surface area contributed by atoms with Gasteiger partial charge < -0.3 is 28.4 Å². The van der Waals surface area contributed by atoms with Gasteiger partial charge in [0.2, 0.25) is 5.12 Å². The number of methoxy groups -OCH3 is 1. The second-order valence-electron chi connectivity index (χ2n) is 9.41. The van der Waals surface area contributed by atoms with Gasteiger partial charge in [0.15, 0.2) is 6.10 Å². The Morgan fingerprint density at radius 2 is 1.25 bits per heavy atom. The Kier molecular flexibility index (Phi) is 12.6. The van der Waals surface area contributed by atoms with Crippen LogP contribution >= 0.6 is 11.8 Å². The van der Waals surface area contributed by atoms with Crippen molar-refractivity contribution in [2.45, 2.75) is 57.3 Å². The van der Waals surface area contributed by atoms with E-state index in [0.717, 1.165) is 16.7 Å². The first kappa shape index (κ1) is 30.4. The SMILES string of the molecule is CCSC(=O)[C@@H]1O[C@@H](COCc2ccccc2)[C@@H](OCc2ccccc2)[C@H](OCc2ccccc2)[C@@H]1OCOC. The molecule has 0 saturated carbocycles. The van der Waals surface area contributed by atoms with Gasteiger partial charge in [0.25, 0.3) is 0 Å². The molecule has 0 bridgehead atoms. The summed E-state index contributed by atoms with van der Waals surface area (Å²) in [4.78, 5) is 13.3. The van der Waals surface area contributed by atoms with Crippen molar-refractivity contribution in [1.29, 1.82) is 0 Å². The quantitative estimate of drug-likeness (QED) is 0.226. The van der Waals surface area contributed by atoms with Crippen LogP contribution in [0.3, 0.4) is 0 Å². The molecule has 1 aliphatic rings. The molecule has 214 valence electrons. The Morgan fingerprint density at radius 3 is 1.77 bits per heavy atom. The van der Waals surface area contributed by atoms with E-state index in [0.29, 0.717) is 25.6 Å². The van der Waals surface area contributed by atoms with Crippen molar-refractivity contribution in [3.63, 3.8) is 0 Å². The molecule has 8 heteroatoms. The molecule has 1 fully saturated rings. The van der Waals surface area contributed by atoms with Gasteiger partial charge in [-0.2, -0.15) is 0 Å². The minimum atomic E-state index is -0.872. The number of hydrogen-bond donors (Lipinski definition) is 0. The lowest BCUT2D eigenvalue weighted by atomic mass is 9.94. The van der Waals surface area contributed by atoms with Gasteiger partial charge in [0, 0.05) is 7.11 Å². The van der Waals surface area contributed by atoms with E-state index in [1.165, 1.54) is 11.8 Å². The molecule has 40 heavy (non-hydrogen) atoms. The molecule has 0 N–H and O–H groups in total. The van der Waals surface area contributed by atoms with E-state index in [2.05, 4.69) is 0 Å². The molecule has 1 heterocycles. The number of ether oxygens (including phenoxy) is 6. The van der Waals surface area contributed by atoms with Crippen molar-refractivity contribution in [2.75, 3.05) is 26.3 Å². The normalized spacial score (nSPS) is 22.7. The predicted molar refractivity (Wildman–Crippen MR) is 155 cm³/mol. The lowest BCUT2D eigenvalue weighted by Gasteiger charge is -2.45. The van der Waals surface area contributed by atoms with Gasteiger partial charge in [0.1, 0.15) is 31.2 Å². The summed E-state index contributed by atoms with van der Waals surface area (Å²) in [7, 11) is 1.55. The van der Waals surface area contributed by atoms with Crippen LogP contribution in [0.5, 0.6) is 0 Å². The summed E-state index contributed by atoms with van der Waals surface area (Å²) in [6.07, 6.45) is -3.37. The first-order valence-electron chi connectivity index (χ1n) is 13.5. The molecule has 5 atom stereocenters. The molecule has 7 nitrogen and oxygen atoms in total. The monoisotopic (exact) mass is 566 g/mol. The van der Waals surface area contributed by atoms with Gasteiger partial charge in [0.05, 0.1) is 26.4 Å². The fourth-order valence-corrected chi connectivity index (χ4v) is 5.22. The van der Waals surface area contributed by atoms with Crippen LogP contribution in [0.15, 0.2) is 91.0 Å². The van der Waals surface area contributed by atoms with Crippen LogP contribution in [0.2, 0.25) is 0 Å². The summed E-state index contributed by atoms with van der Waals surface area (Å²) < 4.78 is 36.9. The van der Waals surface area contributed by atoms with Gasteiger partial charge in [-0.05, 0) is 22.4 Å². The highest BCUT2D eigenvalue weighted by atomic mass is 32.2. The van der Waals surface area contributed by atoms with Crippen molar-refractivity contribution >= 4 is 16.9 Å². The Labute approximate surface area is 241 Å². The van der Waals surface area contributed by atoms with Crippen LogP contribution in [-0.2, 0) is 53.0 Å². The maximum Gasteiger partial charge on any atom is 0.220 e. The molecule has 4 rings (SSSR count). The van der Waals surface area contributed by atoms with Crippen LogP contribution in [0.1, 0.15) is 23.6 Å². The van der Waals surface area contributed by atoms with Crippen molar-refractivity contribution in [3.8, 4) is 0 Å². The minimum absolute atomic E-state index is 0.0135. The second-order valence-corrected chi connectivity index (χ2v) is 10.7. The highest BCUT2D eigenvalue weighted by Gasteiger charge is 2.50. The number of thioether (sulfide) groups is 1. The van der Waals surface area contributed by atoms with Crippen LogP contribution in [0.4, 0.5) is 0 Å². The fourth-order valence-electron chi connectivity index (χ4n) is 4.58. The highest BCUT2D eigenvalue weighted by Crippen LogP contribution is 2.32. The maximum atomic E-state index is 13.3. The average molecular weight is 567 g/mol. The van der Waals surface area contributed by atoms with E-state index in [1.807, 2.05) is 97.9 Å². The zero-order chi connectivity index (χ0) is 28.0. The Bertz CT molecular complexity index is 1120. The summed E-state index contributed by atoms with van der Waals surface area (Å²) in [5, 5.41) is -0.119. The predicted octanol–water partition coefficient (Wildman–Crippen LogP) is 5.41. The van der Waals surface area contributed by atoms with Crippen molar-refractivity contribution in [1.82, 2.24) is 0 Å². The molecule has 0 aromatic heterocycles. The molecule has 0 spiro atoms. The summed E-state index contributed by atoms with van der Waals surface area (Å²) >= 11 is 1.20. The van der Waals surface area contributed by atoms with Gasteiger partial charge in [-0.1, -0.05) is 110 Å². The van der Waals surface area contributed by atoms with Gasteiger partial charge in [-0.3, -0.25) is 4.79 Å². The van der Waals surface area contributed by atoms with Crippen LogP contribution in [0, 0.1) is 0 Å². The lowest BCUT2D eigenvalue weighted by Crippen LogP contribution is -2.62. The first-order chi connectivity index (χ1) is 19.7. The van der Waals surface area contributed by atoms with Crippen molar-refractivity contribution < 1.29 is 33.2 Å². The summed E-state index contributed by atoms with van der Waals surface area (Å²) in [5.41, 5.74) is 3.07. The third-order valence-corrected chi connectivity index (χ3v) is 7.30. The molecule has 3 aromatic carbocycles. The fraction of sp³-hybridized carbons (Fsp3) is 0.406. The summed E-state index contributed by atoms with van der Waals surface area (Å²) in [5.74, 6) is 0.619. The third-order valence-electron chi connectivity index (χ3n) is 6.50. The Hall–Kier alpha value is -2.56. The van der Waals surface area contributed by atoms with Gasteiger partial charge in [-0.25, -0.2) is 0 Å². The van der Waals surface area contributed by atoms with Gasteiger partial charge in [-0.15, -0.1) is 0 Å². The highest BCUT2D eigenvalue weighted by molar-refractivity contribution is 8.13. The average Bonchev–Trinajstić information content (AvgIpc) is 3.00. The third kappa shape index (κ3) is 8.97. The zero-order valence-corrected chi connectivity index (χ0v) is 23.9. The number of benzene rings is 3. The topological polar surface area (TPSA) is 72.5 Å². The van der Waals surface area contributed by atoms with Crippen molar-refractivity contribution in [3.05, 3.63) is 108 Å². The minimum Gasteiger partial charge on any atom is -0.374 e. The molecule has 3 aromatic rings. The van der Waals surface area contributed by atoms with Crippen LogP contribution < -0.4 is 0 Å². The van der Waals surface area contributed by atoms with E-state index < -0.39 is 30.5 Å². The molecule has 1 aliphatic heterocycles. The maximum absolute atomic E-state index is 13.3. The number of rotatable bonds is 15. The summed E-state index contributed by atoms with van der Waals surface area (Å²) in [6, 6.07) is 29.8. The molecule has 0 radical (unpaired) electrons. The molecule has 0 unspecified atom stereocenters. The van der Waals surface area contributed by atoms with Crippen LogP contribution in [-0.4, -0.2) is 61.9 Å². The molecule has 1 saturated heterocycles. The van der Waals surface area contributed by atoms with E-state index in [1.54, 1.807) is 7.11 Å². The standard InChI is InChI=1S/C32H38O7S/c1-3-40-32(33)31-30(38-23-34-2)29(37-21-26-17-11-6-12-18-26)28(36-20-25-15-9-5-10-16-25)27(39-31)22-35-19-24-13-7-4-8-14-24/h4-18,27-31H,3,19-23H2,1-2H3/t27-,28+,29-,30-,31+/m0/s1. The molecule has 0 aliphatic carbocycles. The molecular weight excluding hydrogens is 528 g/mol. The number of carbonyl (C=O) groups is 1. The first-order valence-corrected chi connectivity index (χ1v) is 14.5. The lowest BCUT2D eigenvalue weighted by molar-refractivity contribution is -0.273. The Morgan fingerprint density at radius 1 is 0.725 bits per heavy atom. The summed E-state index contributed by atoms with van der Waals surface area (Å²) in [6.45, 7) is 3.22. The van der Waals surface area contributed by atoms with E-state index in [9.17, 15) is 4.79 Å². The number of carbonyl (C=O) groups excluding carboxylic acids is 1.